The Morgan fingerprint density at radius 1 is 1.06 bits per heavy atom. The zero-order valence-electron chi connectivity index (χ0n) is 17.5. The Morgan fingerprint density at radius 3 is 2.48 bits per heavy atom. The number of hydrogen-bond donors (Lipinski definition) is 2. The minimum absolute atomic E-state index is 0.122. The Balaban J connectivity index is 1.73. The van der Waals surface area contributed by atoms with Crippen molar-refractivity contribution in [3.8, 4) is 17.2 Å². The SMILES string of the molecule is CCOc1cccc([C@@H]2CC(c3ccc(OC)cc3)=N[C@@H](c3ccc(Br)cc3)N2)c1O. The molecule has 1 aliphatic heterocycles. The number of nitrogens with zero attached hydrogens (tertiary/aromatic N) is 1. The van der Waals surface area contributed by atoms with Crippen LogP contribution >= 0.6 is 15.9 Å². The van der Waals surface area contributed by atoms with Crippen LogP contribution < -0.4 is 14.8 Å². The minimum Gasteiger partial charge on any atom is -0.504 e. The maximum atomic E-state index is 10.9. The monoisotopic (exact) mass is 480 g/mol. The van der Waals surface area contributed by atoms with Crippen LogP contribution in [0.5, 0.6) is 17.2 Å². The lowest BCUT2D eigenvalue weighted by molar-refractivity contribution is 0.313. The van der Waals surface area contributed by atoms with Gasteiger partial charge in [0.25, 0.3) is 0 Å². The van der Waals surface area contributed by atoms with Crippen LogP contribution in [0.4, 0.5) is 0 Å². The zero-order chi connectivity index (χ0) is 21.8. The molecule has 0 aromatic heterocycles. The van der Waals surface area contributed by atoms with Crippen molar-refractivity contribution in [2.24, 2.45) is 4.99 Å². The Labute approximate surface area is 190 Å². The second kappa shape index (κ2) is 9.54. The molecule has 0 unspecified atom stereocenters. The van der Waals surface area contributed by atoms with E-state index in [1.54, 1.807) is 13.2 Å². The third kappa shape index (κ3) is 4.75. The predicted molar refractivity (Wildman–Crippen MR) is 126 cm³/mol. The number of para-hydroxylation sites is 1. The van der Waals surface area contributed by atoms with Gasteiger partial charge in [-0.2, -0.15) is 0 Å². The van der Waals surface area contributed by atoms with Gasteiger partial charge >= 0.3 is 0 Å². The molecule has 0 radical (unpaired) electrons. The van der Waals surface area contributed by atoms with E-state index in [4.69, 9.17) is 14.5 Å². The summed E-state index contributed by atoms with van der Waals surface area (Å²) in [5.74, 6) is 1.48. The molecule has 0 bridgehead atoms. The lowest BCUT2D eigenvalue weighted by Gasteiger charge is -2.31. The van der Waals surface area contributed by atoms with E-state index in [0.717, 1.165) is 32.6 Å². The van der Waals surface area contributed by atoms with Gasteiger partial charge in [0.1, 0.15) is 11.9 Å². The second-order valence-electron chi connectivity index (χ2n) is 7.31. The summed E-state index contributed by atoms with van der Waals surface area (Å²) in [7, 11) is 1.66. The first kappa shape index (κ1) is 21.4. The smallest absolute Gasteiger partial charge is 0.162 e. The molecule has 0 spiro atoms. The first-order valence-corrected chi connectivity index (χ1v) is 11.1. The van der Waals surface area contributed by atoms with Crippen molar-refractivity contribution in [3.63, 3.8) is 0 Å². The van der Waals surface area contributed by atoms with Crippen LogP contribution in [0.25, 0.3) is 0 Å². The van der Waals surface area contributed by atoms with Crippen LogP contribution in [-0.2, 0) is 0 Å². The average molecular weight is 481 g/mol. The van der Waals surface area contributed by atoms with Gasteiger partial charge in [0.15, 0.2) is 11.5 Å². The van der Waals surface area contributed by atoms with E-state index in [9.17, 15) is 5.11 Å². The third-order valence-electron chi connectivity index (χ3n) is 5.36. The maximum Gasteiger partial charge on any atom is 0.162 e. The van der Waals surface area contributed by atoms with Gasteiger partial charge in [-0.25, -0.2) is 0 Å². The second-order valence-corrected chi connectivity index (χ2v) is 8.22. The first-order chi connectivity index (χ1) is 15.1. The highest BCUT2D eigenvalue weighted by Crippen LogP contribution is 2.39. The molecule has 0 aliphatic carbocycles. The van der Waals surface area contributed by atoms with E-state index in [1.165, 1.54) is 0 Å². The molecule has 0 saturated heterocycles. The van der Waals surface area contributed by atoms with Crippen molar-refractivity contribution in [1.82, 2.24) is 5.32 Å². The molecule has 0 fully saturated rings. The van der Waals surface area contributed by atoms with Crippen LogP contribution in [-0.4, -0.2) is 24.5 Å². The lowest BCUT2D eigenvalue weighted by Crippen LogP contribution is -2.33. The van der Waals surface area contributed by atoms with Gasteiger partial charge in [0, 0.05) is 28.2 Å². The van der Waals surface area contributed by atoms with Crippen molar-refractivity contribution in [2.75, 3.05) is 13.7 Å². The molecular formula is C25H25BrN2O3. The molecule has 160 valence electrons. The molecule has 1 aliphatic rings. The fourth-order valence-corrected chi connectivity index (χ4v) is 4.04. The summed E-state index contributed by atoms with van der Waals surface area (Å²) < 4.78 is 11.9. The van der Waals surface area contributed by atoms with E-state index < -0.39 is 0 Å². The number of methoxy groups -OCH3 is 1. The zero-order valence-corrected chi connectivity index (χ0v) is 19.1. The summed E-state index contributed by atoms with van der Waals surface area (Å²) in [6.07, 6.45) is 0.404. The topological polar surface area (TPSA) is 63.1 Å². The predicted octanol–water partition coefficient (Wildman–Crippen LogP) is 5.78. The molecule has 4 rings (SSSR count). The summed E-state index contributed by atoms with van der Waals surface area (Å²) in [6.45, 7) is 2.40. The fraction of sp³-hybridized carbons (Fsp3) is 0.240. The van der Waals surface area contributed by atoms with Gasteiger partial charge in [0.05, 0.1) is 13.7 Å². The molecule has 0 saturated carbocycles. The summed E-state index contributed by atoms with van der Waals surface area (Å²) in [6, 6.07) is 21.6. The van der Waals surface area contributed by atoms with Gasteiger partial charge in [0.2, 0.25) is 0 Å². The number of phenolic OH excluding ortho intramolecular Hbond substituents is 1. The molecule has 2 N–H and O–H groups in total. The number of phenols is 1. The van der Waals surface area contributed by atoms with Gasteiger partial charge in [-0.15, -0.1) is 0 Å². The van der Waals surface area contributed by atoms with Crippen LogP contribution in [0.1, 0.15) is 42.2 Å². The molecule has 2 atom stereocenters. The molecule has 5 nitrogen and oxygen atoms in total. The molecule has 3 aromatic rings. The van der Waals surface area contributed by atoms with Crippen molar-refractivity contribution in [2.45, 2.75) is 25.6 Å². The average Bonchev–Trinajstić information content (AvgIpc) is 2.81. The van der Waals surface area contributed by atoms with E-state index in [2.05, 4.69) is 33.4 Å². The van der Waals surface area contributed by atoms with E-state index in [1.807, 2.05) is 55.5 Å². The van der Waals surface area contributed by atoms with Gasteiger partial charge < -0.3 is 14.6 Å². The molecule has 1 heterocycles. The summed E-state index contributed by atoms with van der Waals surface area (Å²) in [4.78, 5) is 5.01. The molecule has 31 heavy (non-hydrogen) atoms. The molecule has 3 aromatic carbocycles. The van der Waals surface area contributed by atoms with E-state index in [0.29, 0.717) is 18.8 Å². The fourth-order valence-electron chi connectivity index (χ4n) is 3.77. The highest BCUT2D eigenvalue weighted by atomic mass is 79.9. The van der Waals surface area contributed by atoms with E-state index >= 15 is 0 Å². The Bertz CT molecular complexity index is 1070. The largest absolute Gasteiger partial charge is 0.504 e. The van der Waals surface area contributed by atoms with E-state index in [-0.39, 0.29) is 18.0 Å². The number of aliphatic imine (C=N–C) groups is 1. The van der Waals surface area contributed by atoms with Crippen molar-refractivity contribution in [1.29, 1.82) is 0 Å². The lowest BCUT2D eigenvalue weighted by atomic mass is 9.93. The molecule has 0 amide bonds. The van der Waals surface area contributed by atoms with Gasteiger partial charge in [-0.05, 0) is 60.5 Å². The molecular weight excluding hydrogens is 456 g/mol. The van der Waals surface area contributed by atoms with Crippen LogP contribution in [0.2, 0.25) is 0 Å². The number of nitrogens with one attached hydrogen (secondary N) is 1. The Kier molecular flexibility index (Phi) is 6.59. The number of halogens is 1. The van der Waals surface area contributed by atoms with Crippen LogP contribution in [0, 0.1) is 0 Å². The van der Waals surface area contributed by atoms with Gasteiger partial charge in [-0.3, -0.25) is 10.3 Å². The minimum atomic E-state index is -0.237. The Morgan fingerprint density at radius 2 is 1.81 bits per heavy atom. The quantitative estimate of drug-likeness (QED) is 0.468. The third-order valence-corrected chi connectivity index (χ3v) is 5.88. The summed E-state index contributed by atoms with van der Waals surface area (Å²) in [5, 5.41) is 14.5. The van der Waals surface area contributed by atoms with Crippen molar-refractivity contribution in [3.05, 3.63) is 87.9 Å². The summed E-state index contributed by atoms with van der Waals surface area (Å²) >= 11 is 3.50. The normalized spacial score (nSPS) is 18.4. The van der Waals surface area contributed by atoms with Crippen molar-refractivity contribution < 1.29 is 14.6 Å². The van der Waals surface area contributed by atoms with Gasteiger partial charge in [-0.1, -0.05) is 40.2 Å². The standard InChI is InChI=1S/C25H25BrN2O3/c1-3-31-23-6-4-5-20(24(23)29)22-15-21(16-9-13-19(30-2)14-10-16)27-25(28-22)17-7-11-18(26)12-8-17/h4-14,22,25,28-29H,3,15H2,1-2H3/t22-,25+/m0/s1. The number of benzene rings is 3. The maximum absolute atomic E-state index is 10.9. The highest BCUT2D eigenvalue weighted by Gasteiger charge is 2.28. The molecule has 6 heteroatoms. The van der Waals surface area contributed by atoms with Crippen LogP contribution in [0.3, 0.4) is 0 Å². The number of aromatic hydroxyl groups is 1. The van der Waals surface area contributed by atoms with Crippen molar-refractivity contribution >= 4 is 21.6 Å². The summed E-state index contributed by atoms with van der Waals surface area (Å²) in [5.41, 5.74) is 3.86. The first-order valence-electron chi connectivity index (χ1n) is 10.3. The number of rotatable bonds is 6. The Hall–Kier alpha value is -2.83. The number of hydrogen-bond acceptors (Lipinski definition) is 5. The highest BCUT2D eigenvalue weighted by molar-refractivity contribution is 9.10. The van der Waals surface area contributed by atoms with Crippen LogP contribution in [0.15, 0.2) is 76.2 Å². The number of ether oxygens (including phenoxy) is 2.